The van der Waals surface area contributed by atoms with Crippen molar-refractivity contribution < 1.29 is 9.59 Å². The molecular weight excluding hydrogens is 262 g/mol. The second kappa shape index (κ2) is 7.56. The topological polar surface area (TPSA) is 84.2 Å². The van der Waals surface area contributed by atoms with Gasteiger partial charge in [-0.25, -0.2) is 0 Å². The lowest BCUT2D eigenvalue weighted by atomic mass is 10.2. The number of carbonyl (C=O) groups excluding carboxylic acids is 2. The van der Waals surface area contributed by atoms with Crippen molar-refractivity contribution in [1.82, 2.24) is 10.6 Å². The monoisotopic (exact) mass is 279 g/mol. The molecule has 0 aromatic carbocycles. The van der Waals surface area contributed by atoms with Crippen molar-refractivity contribution in [2.24, 2.45) is 5.73 Å². The van der Waals surface area contributed by atoms with Gasteiger partial charge >= 0.3 is 0 Å². The Morgan fingerprint density at radius 1 is 1.37 bits per heavy atom. The average molecular weight is 279 g/mol. The van der Waals surface area contributed by atoms with Gasteiger partial charge in [0.15, 0.2) is 0 Å². The highest BCUT2D eigenvalue weighted by molar-refractivity contribution is 7.14. The van der Waals surface area contributed by atoms with Gasteiger partial charge in [0.2, 0.25) is 5.91 Å². The molecule has 19 heavy (non-hydrogen) atoms. The second-order valence-electron chi connectivity index (χ2n) is 3.87. The lowest BCUT2D eigenvalue weighted by Crippen LogP contribution is -2.33. The number of aryl methyl sites for hydroxylation is 1. The van der Waals surface area contributed by atoms with Crippen molar-refractivity contribution in [3.63, 3.8) is 0 Å². The quantitative estimate of drug-likeness (QED) is 0.545. The third-order valence-electron chi connectivity index (χ3n) is 2.23. The maximum absolute atomic E-state index is 11.8. The van der Waals surface area contributed by atoms with E-state index in [1.165, 1.54) is 18.3 Å². The van der Waals surface area contributed by atoms with E-state index in [9.17, 15) is 9.59 Å². The van der Waals surface area contributed by atoms with E-state index in [0.717, 1.165) is 10.4 Å². The Hall–Kier alpha value is -1.84. The molecule has 0 bridgehead atoms. The van der Waals surface area contributed by atoms with Gasteiger partial charge in [0, 0.05) is 20.0 Å². The molecule has 0 aliphatic heterocycles. The van der Waals surface area contributed by atoms with Crippen LogP contribution in [-0.4, -0.2) is 31.4 Å². The third-order valence-corrected chi connectivity index (χ3v) is 3.38. The van der Waals surface area contributed by atoms with Crippen LogP contribution < -0.4 is 16.4 Å². The van der Waals surface area contributed by atoms with Gasteiger partial charge < -0.3 is 16.4 Å². The van der Waals surface area contributed by atoms with Crippen LogP contribution in [0.1, 0.15) is 27.0 Å². The molecule has 0 aliphatic carbocycles. The van der Waals surface area contributed by atoms with E-state index in [1.54, 1.807) is 6.07 Å². The summed E-state index contributed by atoms with van der Waals surface area (Å²) in [4.78, 5) is 24.0. The van der Waals surface area contributed by atoms with E-state index >= 15 is 0 Å². The van der Waals surface area contributed by atoms with Crippen LogP contribution >= 0.6 is 11.3 Å². The van der Waals surface area contributed by atoms with E-state index in [4.69, 9.17) is 5.73 Å². The molecule has 6 heteroatoms. The molecule has 0 spiro atoms. The molecule has 0 radical (unpaired) electrons. The number of nitrogens with two attached hydrogens (primary N) is 1. The molecule has 1 rings (SSSR count). The SMILES string of the molecule is CC(=O)NCCNC(=O)c1cc(C)c(C#CCN)s1. The smallest absolute Gasteiger partial charge is 0.261 e. The Kier molecular flexibility index (Phi) is 6.06. The van der Waals surface area contributed by atoms with Crippen LogP contribution in [0.15, 0.2) is 6.07 Å². The normalized spacial score (nSPS) is 9.42. The molecule has 1 aromatic rings. The van der Waals surface area contributed by atoms with E-state index in [0.29, 0.717) is 24.5 Å². The van der Waals surface area contributed by atoms with Gasteiger partial charge in [-0.1, -0.05) is 11.8 Å². The summed E-state index contributed by atoms with van der Waals surface area (Å²) in [5, 5.41) is 5.35. The zero-order chi connectivity index (χ0) is 14.3. The van der Waals surface area contributed by atoms with Crippen molar-refractivity contribution in [2.45, 2.75) is 13.8 Å². The van der Waals surface area contributed by atoms with E-state index in [-0.39, 0.29) is 11.8 Å². The Balaban J connectivity index is 2.55. The zero-order valence-electron chi connectivity index (χ0n) is 11.0. The standard InChI is InChI=1S/C13H17N3O2S/c1-9-8-12(19-11(9)4-3-5-14)13(18)16-7-6-15-10(2)17/h8H,5-7,14H2,1-2H3,(H,15,17)(H,16,18). The van der Waals surface area contributed by atoms with E-state index in [2.05, 4.69) is 22.5 Å². The first-order chi connectivity index (χ1) is 9.04. The zero-order valence-corrected chi connectivity index (χ0v) is 11.8. The maximum Gasteiger partial charge on any atom is 0.261 e. The van der Waals surface area contributed by atoms with Gasteiger partial charge in [-0.05, 0) is 18.6 Å². The fourth-order valence-corrected chi connectivity index (χ4v) is 2.31. The fourth-order valence-electron chi connectivity index (χ4n) is 1.35. The van der Waals surface area contributed by atoms with Crippen LogP contribution in [0.5, 0.6) is 0 Å². The van der Waals surface area contributed by atoms with Gasteiger partial charge in [0.05, 0.1) is 16.3 Å². The minimum absolute atomic E-state index is 0.111. The first-order valence-electron chi connectivity index (χ1n) is 5.86. The van der Waals surface area contributed by atoms with Crippen LogP contribution in [0.25, 0.3) is 0 Å². The average Bonchev–Trinajstić information content (AvgIpc) is 2.73. The van der Waals surface area contributed by atoms with E-state index < -0.39 is 0 Å². The number of carbonyl (C=O) groups is 2. The van der Waals surface area contributed by atoms with Gasteiger partial charge in [-0.15, -0.1) is 11.3 Å². The minimum atomic E-state index is -0.153. The predicted molar refractivity (Wildman–Crippen MR) is 76.0 cm³/mol. The minimum Gasteiger partial charge on any atom is -0.355 e. The highest BCUT2D eigenvalue weighted by Crippen LogP contribution is 2.20. The number of amides is 2. The highest BCUT2D eigenvalue weighted by atomic mass is 32.1. The van der Waals surface area contributed by atoms with Gasteiger partial charge in [0.1, 0.15) is 0 Å². The Labute approximate surface area is 116 Å². The van der Waals surface area contributed by atoms with Gasteiger partial charge in [-0.3, -0.25) is 9.59 Å². The van der Waals surface area contributed by atoms with Crippen molar-refractivity contribution in [3.05, 3.63) is 21.4 Å². The molecule has 102 valence electrons. The van der Waals surface area contributed by atoms with Crippen molar-refractivity contribution in [3.8, 4) is 11.8 Å². The third kappa shape index (κ3) is 5.12. The number of nitrogens with one attached hydrogen (secondary N) is 2. The summed E-state index contributed by atoms with van der Waals surface area (Å²) in [6.45, 7) is 4.47. The molecule has 1 aromatic heterocycles. The molecule has 0 unspecified atom stereocenters. The Morgan fingerprint density at radius 2 is 2.05 bits per heavy atom. The largest absolute Gasteiger partial charge is 0.355 e. The number of hydrogen-bond donors (Lipinski definition) is 3. The Bertz CT molecular complexity index is 526. The summed E-state index contributed by atoms with van der Waals surface area (Å²) in [6, 6.07) is 1.80. The lowest BCUT2D eigenvalue weighted by Gasteiger charge is -2.03. The summed E-state index contributed by atoms with van der Waals surface area (Å²) < 4.78 is 0. The van der Waals surface area contributed by atoms with E-state index in [1.807, 2.05) is 6.92 Å². The van der Waals surface area contributed by atoms with Gasteiger partial charge in [-0.2, -0.15) is 0 Å². The predicted octanol–water partition coefficient (Wildman–Crippen LogP) is 0.233. The fraction of sp³-hybridized carbons (Fsp3) is 0.385. The van der Waals surface area contributed by atoms with Crippen molar-refractivity contribution >= 4 is 23.2 Å². The van der Waals surface area contributed by atoms with Crippen molar-refractivity contribution in [2.75, 3.05) is 19.6 Å². The highest BCUT2D eigenvalue weighted by Gasteiger charge is 2.10. The number of rotatable bonds is 4. The van der Waals surface area contributed by atoms with Gasteiger partial charge in [0.25, 0.3) is 5.91 Å². The maximum atomic E-state index is 11.8. The second-order valence-corrected chi connectivity index (χ2v) is 4.92. The molecule has 4 N–H and O–H groups in total. The molecule has 0 aliphatic rings. The number of thiophene rings is 1. The van der Waals surface area contributed by atoms with Crippen LogP contribution in [0.2, 0.25) is 0 Å². The summed E-state index contributed by atoms with van der Waals surface area (Å²) in [7, 11) is 0. The summed E-state index contributed by atoms with van der Waals surface area (Å²) in [5.74, 6) is 5.44. The molecule has 5 nitrogen and oxygen atoms in total. The van der Waals surface area contributed by atoms with Crippen LogP contribution in [0.4, 0.5) is 0 Å². The Morgan fingerprint density at radius 3 is 2.68 bits per heavy atom. The summed E-state index contributed by atoms with van der Waals surface area (Å²) >= 11 is 1.34. The van der Waals surface area contributed by atoms with Crippen LogP contribution in [-0.2, 0) is 4.79 Å². The number of hydrogen-bond acceptors (Lipinski definition) is 4. The van der Waals surface area contributed by atoms with Crippen LogP contribution in [0, 0.1) is 18.8 Å². The molecular formula is C13H17N3O2S. The first-order valence-corrected chi connectivity index (χ1v) is 6.68. The molecule has 0 saturated heterocycles. The molecule has 1 heterocycles. The molecule has 0 saturated carbocycles. The summed E-state index contributed by atoms with van der Waals surface area (Å²) in [5.41, 5.74) is 6.29. The molecule has 2 amide bonds. The first kappa shape index (κ1) is 15.2. The summed E-state index contributed by atoms with van der Waals surface area (Å²) in [6.07, 6.45) is 0. The lowest BCUT2D eigenvalue weighted by molar-refractivity contribution is -0.118. The van der Waals surface area contributed by atoms with Crippen molar-refractivity contribution in [1.29, 1.82) is 0 Å². The van der Waals surface area contributed by atoms with Crippen LogP contribution in [0.3, 0.4) is 0 Å². The molecule has 0 fully saturated rings. The molecule has 0 atom stereocenters.